The van der Waals surface area contributed by atoms with Gasteiger partial charge in [-0.3, -0.25) is 4.90 Å². The fraction of sp³-hybridized carbons (Fsp3) is 0.467. The maximum Gasteiger partial charge on any atom is 0.257 e. The summed E-state index contributed by atoms with van der Waals surface area (Å²) in [5.74, 6) is 1.66. The highest BCUT2D eigenvalue weighted by Gasteiger charge is 2.23. The van der Waals surface area contributed by atoms with E-state index in [1.165, 1.54) is 5.56 Å². The number of nitrogens with zero attached hydrogens (tertiary/aromatic N) is 3. The molecule has 3 rings (SSSR count). The van der Waals surface area contributed by atoms with Crippen LogP contribution in [-0.4, -0.2) is 39.8 Å². The Balaban J connectivity index is 1.66. The molecular weight excluding hydrogens is 254 g/mol. The normalized spacial score (nSPS) is 19.6. The van der Waals surface area contributed by atoms with Gasteiger partial charge in [0.15, 0.2) is 5.82 Å². The van der Waals surface area contributed by atoms with Crippen molar-refractivity contribution >= 4 is 0 Å². The minimum Gasteiger partial charge on any atom is -0.396 e. The molecule has 1 atom stereocenters. The van der Waals surface area contributed by atoms with Crippen molar-refractivity contribution in [3.8, 4) is 11.5 Å². The molecule has 1 fully saturated rings. The summed E-state index contributed by atoms with van der Waals surface area (Å²) in [5, 5.41) is 13.2. The molecule has 1 aromatic carbocycles. The topological polar surface area (TPSA) is 62.4 Å². The van der Waals surface area contributed by atoms with Crippen LogP contribution in [0.4, 0.5) is 0 Å². The van der Waals surface area contributed by atoms with Crippen molar-refractivity contribution in [3.05, 3.63) is 35.7 Å². The van der Waals surface area contributed by atoms with Crippen LogP contribution in [0.15, 0.2) is 28.8 Å². The summed E-state index contributed by atoms with van der Waals surface area (Å²) in [5.41, 5.74) is 2.16. The number of rotatable bonds is 4. The van der Waals surface area contributed by atoms with Gasteiger partial charge in [0.05, 0.1) is 6.54 Å². The Morgan fingerprint density at radius 2 is 2.15 bits per heavy atom. The lowest BCUT2D eigenvalue weighted by Crippen LogP contribution is -2.21. The van der Waals surface area contributed by atoms with Crippen LogP contribution >= 0.6 is 0 Å². The van der Waals surface area contributed by atoms with Crippen LogP contribution in [0.1, 0.15) is 17.8 Å². The van der Waals surface area contributed by atoms with E-state index in [4.69, 9.17) is 9.63 Å². The molecule has 1 aliphatic rings. The van der Waals surface area contributed by atoms with Gasteiger partial charge in [0.1, 0.15) is 0 Å². The van der Waals surface area contributed by atoms with Crippen LogP contribution in [0.2, 0.25) is 0 Å². The van der Waals surface area contributed by atoms with E-state index in [0.29, 0.717) is 24.2 Å². The molecule has 0 saturated carbocycles. The largest absolute Gasteiger partial charge is 0.396 e. The molecule has 1 saturated heterocycles. The Morgan fingerprint density at radius 1 is 1.35 bits per heavy atom. The average molecular weight is 273 g/mol. The molecule has 106 valence electrons. The van der Waals surface area contributed by atoms with E-state index in [2.05, 4.69) is 15.0 Å². The van der Waals surface area contributed by atoms with Crippen molar-refractivity contribution in [1.82, 2.24) is 15.0 Å². The molecule has 5 nitrogen and oxygen atoms in total. The Morgan fingerprint density at radius 3 is 2.85 bits per heavy atom. The minimum atomic E-state index is 0.261. The molecular formula is C15H19N3O2. The van der Waals surface area contributed by atoms with Crippen molar-refractivity contribution in [2.24, 2.45) is 5.92 Å². The van der Waals surface area contributed by atoms with Crippen molar-refractivity contribution < 1.29 is 9.63 Å². The van der Waals surface area contributed by atoms with Gasteiger partial charge in [0.2, 0.25) is 0 Å². The Bertz CT molecular complexity index is 565. The summed E-state index contributed by atoms with van der Waals surface area (Å²) in [6.45, 7) is 4.89. The van der Waals surface area contributed by atoms with E-state index in [1.54, 1.807) is 0 Å². The smallest absolute Gasteiger partial charge is 0.257 e. The molecule has 1 N–H and O–H groups in total. The van der Waals surface area contributed by atoms with Crippen LogP contribution in [0, 0.1) is 12.8 Å². The summed E-state index contributed by atoms with van der Waals surface area (Å²) in [4.78, 5) is 6.70. The predicted octanol–water partition coefficient (Wildman–Crippen LogP) is 1.86. The van der Waals surface area contributed by atoms with Crippen LogP contribution in [-0.2, 0) is 6.54 Å². The summed E-state index contributed by atoms with van der Waals surface area (Å²) in [7, 11) is 0. The molecule has 1 aliphatic heterocycles. The van der Waals surface area contributed by atoms with Gasteiger partial charge >= 0.3 is 0 Å². The zero-order valence-corrected chi connectivity index (χ0v) is 11.6. The highest BCUT2D eigenvalue weighted by molar-refractivity contribution is 5.53. The third-order valence-corrected chi connectivity index (χ3v) is 3.76. The lowest BCUT2D eigenvalue weighted by Gasteiger charge is -2.12. The lowest BCUT2D eigenvalue weighted by atomic mass is 10.1. The van der Waals surface area contributed by atoms with Gasteiger partial charge in [-0.25, -0.2) is 0 Å². The first-order valence-corrected chi connectivity index (χ1v) is 6.97. The number of aromatic nitrogens is 2. The van der Waals surface area contributed by atoms with Crippen LogP contribution in [0.3, 0.4) is 0 Å². The van der Waals surface area contributed by atoms with Crippen molar-refractivity contribution in [2.45, 2.75) is 19.9 Å². The third-order valence-electron chi connectivity index (χ3n) is 3.76. The Kier molecular flexibility index (Phi) is 3.80. The van der Waals surface area contributed by atoms with E-state index in [9.17, 15) is 0 Å². The second-order valence-electron chi connectivity index (χ2n) is 5.45. The first-order chi connectivity index (χ1) is 9.74. The second kappa shape index (κ2) is 5.73. The van der Waals surface area contributed by atoms with Crippen molar-refractivity contribution in [1.29, 1.82) is 0 Å². The first-order valence-electron chi connectivity index (χ1n) is 6.97. The number of hydrogen-bond donors (Lipinski definition) is 1. The molecule has 0 amide bonds. The standard InChI is InChI=1S/C15H19N3O2/c1-11-2-4-13(5-3-11)15-16-14(17-20-15)9-18-7-6-12(8-18)10-19/h2-5,12,19H,6-10H2,1H3. The van der Waals surface area contributed by atoms with Crippen LogP contribution < -0.4 is 0 Å². The maximum atomic E-state index is 9.15. The lowest BCUT2D eigenvalue weighted by molar-refractivity contribution is 0.218. The quantitative estimate of drug-likeness (QED) is 0.921. The summed E-state index contributed by atoms with van der Waals surface area (Å²) >= 11 is 0. The van der Waals surface area contributed by atoms with Crippen molar-refractivity contribution in [2.75, 3.05) is 19.7 Å². The van der Waals surface area contributed by atoms with Gasteiger partial charge in [0, 0.05) is 18.7 Å². The molecule has 2 aromatic rings. The van der Waals surface area contributed by atoms with Crippen LogP contribution in [0.5, 0.6) is 0 Å². The summed E-state index contributed by atoms with van der Waals surface area (Å²) < 4.78 is 5.32. The van der Waals surface area contributed by atoms with Gasteiger partial charge in [-0.2, -0.15) is 4.98 Å². The number of benzene rings is 1. The van der Waals surface area contributed by atoms with Gasteiger partial charge < -0.3 is 9.63 Å². The van der Waals surface area contributed by atoms with Gasteiger partial charge in [-0.1, -0.05) is 22.9 Å². The monoisotopic (exact) mass is 273 g/mol. The average Bonchev–Trinajstić information content (AvgIpc) is 3.09. The highest BCUT2D eigenvalue weighted by Crippen LogP contribution is 2.20. The van der Waals surface area contributed by atoms with Crippen molar-refractivity contribution in [3.63, 3.8) is 0 Å². The predicted molar refractivity (Wildman–Crippen MR) is 74.9 cm³/mol. The van der Waals surface area contributed by atoms with Gasteiger partial charge in [-0.15, -0.1) is 0 Å². The van der Waals surface area contributed by atoms with E-state index < -0.39 is 0 Å². The zero-order chi connectivity index (χ0) is 13.9. The molecule has 0 bridgehead atoms. The van der Waals surface area contributed by atoms with E-state index in [1.807, 2.05) is 31.2 Å². The van der Waals surface area contributed by atoms with E-state index >= 15 is 0 Å². The minimum absolute atomic E-state index is 0.261. The first kappa shape index (κ1) is 13.3. The number of aliphatic hydroxyl groups is 1. The summed E-state index contributed by atoms with van der Waals surface area (Å²) in [6, 6.07) is 8.05. The number of hydrogen-bond acceptors (Lipinski definition) is 5. The Hall–Kier alpha value is -1.72. The molecule has 5 heteroatoms. The molecule has 2 heterocycles. The fourth-order valence-corrected chi connectivity index (χ4v) is 2.54. The molecule has 0 spiro atoms. The highest BCUT2D eigenvalue weighted by atomic mass is 16.5. The van der Waals surface area contributed by atoms with E-state index in [-0.39, 0.29) is 6.61 Å². The zero-order valence-electron chi connectivity index (χ0n) is 11.6. The van der Waals surface area contributed by atoms with Gasteiger partial charge in [-0.05, 0) is 37.9 Å². The SMILES string of the molecule is Cc1ccc(-c2nc(CN3CCC(CO)C3)no2)cc1. The fourth-order valence-electron chi connectivity index (χ4n) is 2.54. The van der Waals surface area contributed by atoms with Crippen LogP contribution in [0.25, 0.3) is 11.5 Å². The summed E-state index contributed by atoms with van der Waals surface area (Å²) in [6.07, 6.45) is 1.04. The second-order valence-corrected chi connectivity index (χ2v) is 5.45. The van der Waals surface area contributed by atoms with Gasteiger partial charge in [0.25, 0.3) is 5.89 Å². The molecule has 0 radical (unpaired) electrons. The Labute approximate surface area is 118 Å². The molecule has 20 heavy (non-hydrogen) atoms. The number of likely N-dealkylation sites (tertiary alicyclic amines) is 1. The maximum absolute atomic E-state index is 9.15. The molecule has 0 aliphatic carbocycles. The number of aryl methyl sites for hydroxylation is 1. The number of aliphatic hydroxyl groups excluding tert-OH is 1. The van der Waals surface area contributed by atoms with E-state index in [0.717, 1.165) is 25.1 Å². The molecule has 1 unspecified atom stereocenters. The third kappa shape index (κ3) is 2.89. The molecule has 1 aromatic heterocycles.